The van der Waals surface area contributed by atoms with E-state index in [1.807, 2.05) is 30.3 Å². The Morgan fingerprint density at radius 3 is 2.69 bits per heavy atom. The smallest absolute Gasteiger partial charge is 0.274 e. The minimum Gasteiger partial charge on any atom is -0.406 e. The summed E-state index contributed by atoms with van der Waals surface area (Å²) in [6, 6.07) is 10.9. The first-order chi connectivity index (χ1) is 7.75. The summed E-state index contributed by atoms with van der Waals surface area (Å²) in [6.45, 7) is 0.371. The fourth-order valence-corrected chi connectivity index (χ4v) is 1.23. The lowest BCUT2D eigenvalue weighted by Gasteiger charge is -2.09. The predicted molar refractivity (Wildman–Crippen MR) is 59.6 cm³/mol. The van der Waals surface area contributed by atoms with Crippen molar-refractivity contribution in [2.75, 3.05) is 5.73 Å². The van der Waals surface area contributed by atoms with E-state index in [4.69, 9.17) is 10.6 Å². The Morgan fingerprint density at radius 1 is 1.25 bits per heavy atom. The van der Waals surface area contributed by atoms with Crippen LogP contribution in [0.2, 0.25) is 0 Å². The number of rotatable bonds is 3. The molecule has 5 heteroatoms. The minimum absolute atomic E-state index is 0.0448. The molecule has 0 atom stereocenters. The molecule has 82 valence electrons. The summed E-state index contributed by atoms with van der Waals surface area (Å²) in [4.78, 5) is 19.8. The molecule has 0 bridgehead atoms. The molecule has 1 aromatic carbocycles. The number of benzene rings is 1. The number of nitrogens with two attached hydrogens (primary N) is 1. The van der Waals surface area contributed by atoms with Gasteiger partial charge < -0.3 is 10.6 Å². The van der Waals surface area contributed by atoms with Gasteiger partial charge in [-0.05, 0) is 5.56 Å². The molecule has 1 heterocycles. The van der Waals surface area contributed by atoms with Gasteiger partial charge in [0.15, 0.2) is 0 Å². The number of aromatic nitrogens is 2. The van der Waals surface area contributed by atoms with Gasteiger partial charge in [0.1, 0.15) is 6.61 Å². The van der Waals surface area contributed by atoms with Crippen LogP contribution < -0.4 is 16.1 Å². The Balaban J connectivity index is 2.08. The highest BCUT2D eigenvalue weighted by atomic mass is 16.7. The number of anilines is 1. The third-order valence-corrected chi connectivity index (χ3v) is 2.02. The molecule has 0 saturated heterocycles. The predicted octanol–water partition coefficient (Wildman–Crippen LogP) is 0.454. The van der Waals surface area contributed by atoms with E-state index < -0.39 is 0 Å². The summed E-state index contributed by atoms with van der Waals surface area (Å²) in [5.74, 6) is 0.0448. The Hall–Kier alpha value is -2.30. The molecule has 0 spiro atoms. The summed E-state index contributed by atoms with van der Waals surface area (Å²) >= 11 is 0. The van der Waals surface area contributed by atoms with Crippen molar-refractivity contribution in [2.24, 2.45) is 0 Å². The Bertz CT molecular complexity index is 522. The van der Waals surface area contributed by atoms with Crippen LogP contribution >= 0.6 is 0 Å². The second kappa shape index (κ2) is 4.48. The molecule has 0 saturated carbocycles. The zero-order valence-electron chi connectivity index (χ0n) is 8.54. The standard InChI is InChI=1S/C11H11N3O2/c12-11-13-10(15)6-7-14(11)16-8-9-4-2-1-3-5-9/h1-7H,8H2,(H2,12,13,15). The van der Waals surface area contributed by atoms with Crippen molar-refractivity contribution in [3.05, 3.63) is 58.5 Å². The maximum absolute atomic E-state index is 10.9. The van der Waals surface area contributed by atoms with Gasteiger partial charge in [-0.1, -0.05) is 30.3 Å². The molecule has 16 heavy (non-hydrogen) atoms. The van der Waals surface area contributed by atoms with Crippen molar-refractivity contribution >= 4 is 5.95 Å². The summed E-state index contributed by atoms with van der Waals surface area (Å²) < 4.78 is 1.27. The van der Waals surface area contributed by atoms with E-state index in [2.05, 4.69) is 4.98 Å². The molecule has 0 fully saturated rings. The molecular weight excluding hydrogens is 206 g/mol. The second-order valence-corrected chi connectivity index (χ2v) is 3.21. The van der Waals surface area contributed by atoms with E-state index in [-0.39, 0.29) is 11.5 Å². The van der Waals surface area contributed by atoms with E-state index in [0.29, 0.717) is 6.61 Å². The first-order valence-corrected chi connectivity index (χ1v) is 4.78. The van der Waals surface area contributed by atoms with Crippen molar-refractivity contribution in [3.63, 3.8) is 0 Å². The maximum atomic E-state index is 10.9. The summed E-state index contributed by atoms with van der Waals surface area (Å²) in [6.07, 6.45) is 1.45. The number of nitrogens with zero attached hydrogens (tertiary/aromatic N) is 2. The molecule has 0 aliphatic heterocycles. The lowest BCUT2D eigenvalue weighted by Crippen LogP contribution is -2.20. The molecule has 2 rings (SSSR count). The topological polar surface area (TPSA) is 70.1 Å². The van der Waals surface area contributed by atoms with Crippen LogP contribution in [0.1, 0.15) is 5.56 Å². The van der Waals surface area contributed by atoms with E-state index >= 15 is 0 Å². The number of hydrogen-bond acceptors (Lipinski definition) is 4. The second-order valence-electron chi connectivity index (χ2n) is 3.21. The Labute approximate surface area is 92.1 Å². The molecule has 5 nitrogen and oxygen atoms in total. The van der Waals surface area contributed by atoms with Crippen LogP contribution in [0.4, 0.5) is 5.95 Å². The maximum Gasteiger partial charge on any atom is 0.274 e. The molecule has 2 N–H and O–H groups in total. The van der Waals surface area contributed by atoms with Crippen LogP contribution in [0, 0.1) is 0 Å². The van der Waals surface area contributed by atoms with Crippen molar-refractivity contribution < 1.29 is 4.84 Å². The first-order valence-electron chi connectivity index (χ1n) is 4.78. The van der Waals surface area contributed by atoms with Gasteiger partial charge in [-0.3, -0.25) is 4.79 Å². The van der Waals surface area contributed by atoms with E-state index in [9.17, 15) is 4.79 Å². The SMILES string of the molecule is Nc1nc(=O)ccn1OCc1ccccc1. The lowest BCUT2D eigenvalue weighted by molar-refractivity contribution is 0.0985. The van der Waals surface area contributed by atoms with Crippen LogP contribution in [0.15, 0.2) is 47.4 Å². The van der Waals surface area contributed by atoms with Gasteiger partial charge in [-0.25, -0.2) is 0 Å². The van der Waals surface area contributed by atoms with Gasteiger partial charge in [0.05, 0.1) is 6.20 Å². The fourth-order valence-electron chi connectivity index (χ4n) is 1.23. The molecule has 0 unspecified atom stereocenters. The van der Waals surface area contributed by atoms with Gasteiger partial charge in [0.2, 0.25) is 5.95 Å². The third-order valence-electron chi connectivity index (χ3n) is 2.02. The number of hydrogen-bond donors (Lipinski definition) is 1. The van der Waals surface area contributed by atoms with Crippen molar-refractivity contribution in [1.82, 2.24) is 9.71 Å². The Morgan fingerprint density at radius 2 is 2.00 bits per heavy atom. The molecule has 2 aromatic rings. The molecular formula is C11H11N3O2. The highest BCUT2D eigenvalue weighted by Gasteiger charge is 1.98. The monoisotopic (exact) mass is 217 g/mol. The quantitative estimate of drug-likeness (QED) is 0.810. The fraction of sp³-hybridized carbons (Fsp3) is 0.0909. The molecule has 0 aliphatic carbocycles. The van der Waals surface area contributed by atoms with Crippen molar-refractivity contribution in [3.8, 4) is 0 Å². The van der Waals surface area contributed by atoms with Crippen molar-refractivity contribution in [1.29, 1.82) is 0 Å². The average molecular weight is 217 g/mol. The zero-order chi connectivity index (χ0) is 11.4. The first kappa shape index (κ1) is 10.2. The van der Waals surface area contributed by atoms with Crippen LogP contribution in [-0.4, -0.2) is 9.71 Å². The van der Waals surface area contributed by atoms with Gasteiger partial charge in [-0.15, -0.1) is 0 Å². The van der Waals surface area contributed by atoms with E-state index in [0.717, 1.165) is 5.56 Å². The molecule has 0 amide bonds. The average Bonchev–Trinajstić information content (AvgIpc) is 2.29. The van der Waals surface area contributed by atoms with E-state index in [1.54, 1.807) is 0 Å². The van der Waals surface area contributed by atoms with Crippen LogP contribution in [-0.2, 0) is 6.61 Å². The highest BCUT2D eigenvalue weighted by molar-refractivity contribution is 5.15. The minimum atomic E-state index is -0.378. The summed E-state index contributed by atoms with van der Waals surface area (Å²) in [7, 11) is 0. The van der Waals surface area contributed by atoms with Crippen LogP contribution in [0.25, 0.3) is 0 Å². The summed E-state index contributed by atoms with van der Waals surface area (Å²) in [5.41, 5.74) is 6.15. The van der Waals surface area contributed by atoms with Gasteiger partial charge in [-0.2, -0.15) is 9.71 Å². The molecule has 1 aromatic heterocycles. The third kappa shape index (κ3) is 2.38. The van der Waals surface area contributed by atoms with Crippen LogP contribution in [0.5, 0.6) is 0 Å². The van der Waals surface area contributed by atoms with Crippen molar-refractivity contribution in [2.45, 2.75) is 6.61 Å². The van der Waals surface area contributed by atoms with Gasteiger partial charge >= 0.3 is 0 Å². The number of nitrogen functional groups attached to an aromatic ring is 1. The van der Waals surface area contributed by atoms with Gasteiger partial charge in [0, 0.05) is 6.07 Å². The van der Waals surface area contributed by atoms with E-state index in [1.165, 1.54) is 17.0 Å². The largest absolute Gasteiger partial charge is 0.406 e. The Kier molecular flexibility index (Phi) is 2.86. The summed E-state index contributed by atoms with van der Waals surface area (Å²) in [5, 5.41) is 0. The van der Waals surface area contributed by atoms with Gasteiger partial charge in [0.25, 0.3) is 5.56 Å². The normalized spacial score (nSPS) is 10.0. The highest BCUT2D eigenvalue weighted by Crippen LogP contribution is 2.00. The lowest BCUT2D eigenvalue weighted by atomic mass is 10.2. The molecule has 0 aliphatic rings. The molecule has 0 radical (unpaired) electrons. The van der Waals surface area contributed by atoms with Crippen LogP contribution in [0.3, 0.4) is 0 Å². The zero-order valence-corrected chi connectivity index (χ0v) is 8.54.